The maximum Gasteiger partial charge on any atom is 0.295 e. The van der Waals surface area contributed by atoms with Crippen LogP contribution < -0.4 is 0 Å². The molecule has 1 amide bonds. The summed E-state index contributed by atoms with van der Waals surface area (Å²) >= 11 is 0. The summed E-state index contributed by atoms with van der Waals surface area (Å²) in [5.41, 5.74) is 0. The van der Waals surface area contributed by atoms with Gasteiger partial charge in [0.05, 0.1) is 0 Å². The van der Waals surface area contributed by atoms with Crippen LogP contribution in [-0.2, 0) is 0 Å². The van der Waals surface area contributed by atoms with E-state index >= 15 is 0 Å². The van der Waals surface area contributed by atoms with E-state index in [1.807, 2.05) is 4.90 Å². The molecule has 1 aromatic rings. The standard InChI is InChI=1S/C9H13N5O/c15-9(8-10-12-13-11-8)14(7-3-4-7)5-6-1-2-6/h6-7H,1-5H2,(H,10,11,12,13). The molecule has 80 valence electrons. The number of aromatic amines is 1. The van der Waals surface area contributed by atoms with Crippen molar-refractivity contribution >= 4 is 5.91 Å². The molecule has 2 fully saturated rings. The predicted octanol–water partition coefficient (Wildman–Crippen LogP) is 0.214. The zero-order valence-electron chi connectivity index (χ0n) is 8.39. The van der Waals surface area contributed by atoms with Gasteiger partial charge in [-0.3, -0.25) is 4.79 Å². The van der Waals surface area contributed by atoms with Crippen molar-refractivity contribution in [3.63, 3.8) is 0 Å². The van der Waals surface area contributed by atoms with Crippen molar-refractivity contribution in [2.75, 3.05) is 6.54 Å². The highest BCUT2D eigenvalue weighted by molar-refractivity contribution is 5.90. The number of aromatic nitrogens is 4. The quantitative estimate of drug-likeness (QED) is 0.766. The lowest BCUT2D eigenvalue weighted by molar-refractivity contribution is 0.0722. The molecule has 2 aliphatic rings. The Morgan fingerprint density at radius 2 is 2.20 bits per heavy atom. The van der Waals surface area contributed by atoms with E-state index < -0.39 is 0 Å². The summed E-state index contributed by atoms with van der Waals surface area (Å²) in [5.74, 6) is 0.835. The first-order chi connectivity index (χ1) is 7.34. The third-order valence-electron chi connectivity index (χ3n) is 2.94. The van der Waals surface area contributed by atoms with Crippen LogP contribution in [0.5, 0.6) is 0 Å². The van der Waals surface area contributed by atoms with Gasteiger partial charge in [-0.15, -0.1) is 10.2 Å². The number of H-pyrrole nitrogens is 1. The highest BCUT2D eigenvalue weighted by Crippen LogP contribution is 2.35. The molecule has 2 aliphatic carbocycles. The fourth-order valence-corrected chi connectivity index (χ4v) is 1.74. The van der Waals surface area contributed by atoms with Gasteiger partial charge in [0, 0.05) is 12.6 Å². The molecular weight excluding hydrogens is 194 g/mol. The van der Waals surface area contributed by atoms with Crippen molar-refractivity contribution in [2.45, 2.75) is 31.7 Å². The molecule has 1 N–H and O–H groups in total. The van der Waals surface area contributed by atoms with Gasteiger partial charge in [0.25, 0.3) is 11.7 Å². The molecule has 0 spiro atoms. The van der Waals surface area contributed by atoms with E-state index in [1.165, 1.54) is 12.8 Å². The van der Waals surface area contributed by atoms with Gasteiger partial charge in [-0.05, 0) is 36.8 Å². The molecule has 0 atom stereocenters. The molecule has 6 heteroatoms. The second kappa shape index (κ2) is 3.29. The van der Waals surface area contributed by atoms with Crippen molar-refractivity contribution in [3.8, 4) is 0 Å². The summed E-state index contributed by atoms with van der Waals surface area (Å²) in [6.07, 6.45) is 4.75. The molecular formula is C9H13N5O. The fourth-order valence-electron chi connectivity index (χ4n) is 1.74. The Bertz CT molecular complexity index is 355. The molecule has 1 aromatic heterocycles. The minimum Gasteiger partial charge on any atom is -0.333 e. The van der Waals surface area contributed by atoms with Crippen LogP contribution in [0.1, 0.15) is 36.3 Å². The van der Waals surface area contributed by atoms with E-state index in [2.05, 4.69) is 20.6 Å². The number of amides is 1. The van der Waals surface area contributed by atoms with E-state index in [1.54, 1.807) is 0 Å². The SMILES string of the molecule is O=C(c1nn[nH]n1)N(CC1CC1)C1CC1. The van der Waals surface area contributed by atoms with Crippen molar-refractivity contribution in [1.29, 1.82) is 0 Å². The van der Waals surface area contributed by atoms with Crippen LogP contribution in [0, 0.1) is 5.92 Å². The lowest BCUT2D eigenvalue weighted by Crippen LogP contribution is -2.35. The van der Waals surface area contributed by atoms with Crippen molar-refractivity contribution in [1.82, 2.24) is 25.5 Å². The van der Waals surface area contributed by atoms with Crippen LogP contribution >= 0.6 is 0 Å². The van der Waals surface area contributed by atoms with Gasteiger partial charge >= 0.3 is 0 Å². The number of hydrogen-bond donors (Lipinski definition) is 1. The molecule has 3 rings (SSSR count). The second-order valence-electron chi connectivity index (χ2n) is 4.37. The first-order valence-electron chi connectivity index (χ1n) is 5.39. The molecule has 0 saturated heterocycles. The summed E-state index contributed by atoms with van der Waals surface area (Å²) in [7, 11) is 0. The first kappa shape index (κ1) is 8.82. The van der Waals surface area contributed by atoms with Crippen LogP contribution in [0.4, 0.5) is 0 Å². The predicted molar refractivity (Wildman–Crippen MR) is 51.0 cm³/mol. The van der Waals surface area contributed by atoms with Gasteiger partial charge in [-0.25, -0.2) is 0 Å². The topological polar surface area (TPSA) is 74.8 Å². The number of rotatable bonds is 4. The van der Waals surface area contributed by atoms with Gasteiger partial charge in [-0.1, -0.05) is 0 Å². The first-order valence-corrected chi connectivity index (χ1v) is 5.39. The van der Waals surface area contributed by atoms with Gasteiger partial charge in [-0.2, -0.15) is 5.21 Å². The molecule has 2 saturated carbocycles. The van der Waals surface area contributed by atoms with Crippen molar-refractivity contribution in [2.24, 2.45) is 5.92 Å². The summed E-state index contributed by atoms with van der Waals surface area (Å²) in [5, 5.41) is 13.2. The molecule has 0 aromatic carbocycles. The number of nitrogens with zero attached hydrogens (tertiary/aromatic N) is 4. The van der Waals surface area contributed by atoms with E-state index in [0.717, 1.165) is 19.4 Å². The average Bonchev–Trinajstić information content (AvgIpc) is 3.14. The van der Waals surface area contributed by atoms with Crippen LogP contribution in [0.15, 0.2) is 0 Å². The number of carbonyl (C=O) groups excluding carboxylic acids is 1. The summed E-state index contributed by atoms with van der Waals surface area (Å²) < 4.78 is 0. The van der Waals surface area contributed by atoms with E-state index in [9.17, 15) is 4.79 Å². The monoisotopic (exact) mass is 207 g/mol. The smallest absolute Gasteiger partial charge is 0.295 e. The van der Waals surface area contributed by atoms with Crippen LogP contribution in [-0.4, -0.2) is 44.0 Å². The molecule has 0 radical (unpaired) electrons. The summed E-state index contributed by atoms with van der Waals surface area (Å²) in [6.45, 7) is 0.873. The van der Waals surface area contributed by atoms with E-state index in [4.69, 9.17) is 0 Å². The largest absolute Gasteiger partial charge is 0.333 e. The molecule has 0 unspecified atom stereocenters. The van der Waals surface area contributed by atoms with E-state index in [0.29, 0.717) is 12.0 Å². The molecule has 1 heterocycles. The van der Waals surface area contributed by atoms with Gasteiger partial charge < -0.3 is 4.90 Å². The Balaban J connectivity index is 1.72. The van der Waals surface area contributed by atoms with Gasteiger partial charge in [0.15, 0.2) is 0 Å². The number of tetrazole rings is 1. The maximum absolute atomic E-state index is 12.0. The summed E-state index contributed by atoms with van der Waals surface area (Å²) in [6, 6.07) is 0.427. The third-order valence-corrected chi connectivity index (χ3v) is 2.94. The van der Waals surface area contributed by atoms with Crippen LogP contribution in [0.3, 0.4) is 0 Å². The number of carbonyl (C=O) groups is 1. The van der Waals surface area contributed by atoms with Crippen molar-refractivity contribution < 1.29 is 4.79 Å². The minimum atomic E-state index is -0.0712. The Labute approximate surface area is 87.0 Å². The normalized spacial score (nSPS) is 20.3. The Morgan fingerprint density at radius 3 is 2.73 bits per heavy atom. The highest BCUT2D eigenvalue weighted by Gasteiger charge is 2.37. The number of nitrogens with one attached hydrogen (secondary N) is 1. The molecule has 6 nitrogen and oxygen atoms in total. The highest BCUT2D eigenvalue weighted by atomic mass is 16.2. The van der Waals surface area contributed by atoms with Gasteiger partial charge in [0.1, 0.15) is 0 Å². The van der Waals surface area contributed by atoms with Crippen molar-refractivity contribution in [3.05, 3.63) is 5.82 Å². The Morgan fingerprint density at radius 1 is 1.40 bits per heavy atom. The average molecular weight is 207 g/mol. The zero-order valence-corrected chi connectivity index (χ0v) is 8.39. The fraction of sp³-hybridized carbons (Fsp3) is 0.778. The zero-order chi connectivity index (χ0) is 10.3. The van der Waals surface area contributed by atoms with Gasteiger partial charge in [0.2, 0.25) is 0 Å². The lowest BCUT2D eigenvalue weighted by atomic mass is 10.3. The molecule has 0 aliphatic heterocycles. The summed E-state index contributed by atoms with van der Waals surface area (Å²) in [4.78, 5) is 13.9. The van der Waals surface area contributed by atoms with Crippen LogP contribution in [0.2, 0.25) is 0 Å². The molecule has 15 heavy (non-hydrogen) atoms. The minimum absolute atomic E-state index is 0.0712. The maximum atomic E-state index is 12.0. The Hall–Kier alpha value is -1.46. The number of hydrogen-bond acceptors (Lipinski definition) is 4. The third kappa shape index (κ3) is 1.84. The lowest BCUT2D eigenvalue weighted by Gasteiger charge is -2.20. The Kier molecular flexibility index (Phi) is 1.93. The molecule has 0 bridgehead atoms. The van der Waals surface area contributed by atoms with E-state index in [-0.39, 0.29) is 11.7 Å². The van der Waals surface area contributed by atoms with Crippen LogP contribution in [0.25, 0.3) is 0 Å². The second-order valence-corrected chi connectivity index (χ2v) is 4.37.